The highest BCUT2D eigenvalue weighted by Gasteiger charge is 2.50. The molecule has 6 aromatic rings. The van der Waals surface area contributed by atoms with E-state index in [0.717, 1.165) is 6.92 Å². The Bertz CT molecular complexity index is 2850. The monoisotopic (exact) mass is 998 g/mol. The molecule has 0 spiro atoms. The maximum Gasteiger partial charge on any atom is 0.301 e. The van der Waals surface area contributed by atoms with Gasteiger partial charge in [-0.15, -0.1) is 20.4 Å². The number of carboxylic acids is 1. The summed E-state index contributed by atoms with van der Waals surface area (Å²) in [5, 5.41) is 48.7. The Balaban J connectivity index is 0.000000171. The lowest BCUT2D eigenvalue weighted by Crippen LogP contribution is -2.29. The number of aliphatic hydroxyl groups excluding tert-OH is 2. The van der Waals surface area contributed by atoms with E-state index in [0.29, 0.717) is 91.7 Å². The zero-order valence-corrected chi connectivity index (χ0v) is 39.0. The number of anilines is 2. The lowest BCUT2D eigenvalue weighted by Gasteiger charge is -2.23. The van der Waals surface area contributed by atoms with Gasteiger partial charge in [0, 0.05) is 28.1 Å². The minimum Gasteiger partial charge on any atom is -0.507 e. The molecule has 4 aromatic carbocycles. The van der Waals surface area contributed by atoms with E-state index in [9.17, 15) is 29.4 Å². The van der Waals surface area contributed by atoms with Gasteiger partial charge in [-0.2, -0.15) is 0 Å². The van der Waals surface area contributed by atoms with Gasteiger partial charge in [-0.05, 0) is 85.6 Å². The number of hydrogen-bond acceptors (Lipinski definition) is 17. The van der Waals surface area contributed by atoms with Crippen molar-refractivity contribution in [2.24, 2.45) is 0 Å². The highest BCUT2D eigenvalue weighted by molar-refractivity contribution is 7.15. The summed E-state index contributed by atoms with van der Waals surface area (Å²) in [6, 6.07) is 21.4. The first-order chi connectivity index (χ1) is 32.6. The second-order valence-corrected chi connectivity index (χ2v) is 18.1. The first-order valence-corrected chi connectivity index (χ1v) is 22.7. The molecule has 2 aromatic heterocycles. The Morgan fingerprint density at radius 3 is 1.22 bits per heavy atom. The van der Waals surface area contributed by atoms with Crippen molar-refractivity contribution in [3.63, 3.8) is 0 Å². The number of aliphatic hydroxyl groups is 2. The van der Waals surface area contributed by atoms with Crippen molar-refractivity contribution in [1.82, 2.24) is 20.4 Å². The van der Waals surface area contributed by atoms with Crippen LogP contribution in [0.1, 0.15) is 51.3 Å². The summed E-state index contributed by atoms with van der Waals surface area (Å²) >= 11 is 14.4. The van der Waals surface area contributed by atoms with Crippen LogP contribution >= 0.6 is 45.9 Å². The predicted octanol–water partition coefficient (Wildman–Crippen LogP) is 7.89. The lowest BCUT2D eigenvalue weighted by atomic mass is 9.95. The van der Waals surface area contributed by atoms with Crippen molar-refractivity contribution in [2.75, 3.05) is 36.2 Å². The highest BCUT2D eigenvalue weighted by atomic mass is 35.5. The quantitative estimate of drug-likeness (QED) is 0.0816. The van der Waals surface area contributed by atoms with Gasteiger partial charge >= 0.3 is 11.8 Å². The van der Waals surface area contributed by atoms with Gasteiger partial charge in [-0.1, -0.05) is 70.1 Å². The number of nitrogens with zero attached hydrogens (tertiary/aromatic N) is 6. The Hall–Kier alpha value is -7.39. The third-order valence-electron chi connectivity index (χ3n) is 10.3. The fourth-order valence-electron chi connectivity index (χ4n) is 7.44. The van der Waals surface area contributed by atoms with Crippen LogP contribution < -0.4 is 28.7 Å². The van der Waals surface area contributed by atoms with E-state index in [4.69, 9.17) is 52.1 Å². The van der Waals surface area contributed by atoms with E-state index in [1.165, 1.54) is 32.5 Å². The number of carbonyl (C=O) groups excluding carboxylic acids is 4. The van der Waals surface area contributed by atoms with E-state index >= 15 is 0 Å². The minimum absolute atomic E-state index is 0.0538. The number of fused-ring (bicyclic) bond motifs is 2. The topological polar surface area (TPSA) is 241 Å². The van der Waals surface area contributed by atoms with E-state index in [1.54, 1.807) is 98.8 Å². The van der Waals surface area contributed by atoms with Crippen LogP contribution in [0.4, 0.5) is 10.3 Å². The Morgan fingerprint density at radius 1 is 0.559 bits per heavy atom. The largest absolute Gasteiger partial charge is 0.507 e. The van der Waals surface area contributed by atoms with Gasteiger partial charge in [0.15, 0.2) is 23.0 Å². The van der Waals surface area contributed by atoms with E-state index < -0.39 is 41.4 Å². The number of ether oxygens (including phenoxy) is 4. The van der Waals surface area contributed by atoms with Gasteiger partial charge < -0.3 is 34.3 Å². The number of hydrogen-bond donors (Lipinski definition) is 3. The van der Waals surface area contributed by atoms with Gasteiger partial charge in [0.2, 0.25) is 10.3 Å². The molecule has 0 radical (unpaired) electrons. The molecule has 2 fully saturated rings. The normalized spacial score (nSPS) is 18.7. The van der Waals surface area contributed by atoms with E-state index in [2.05, 4.69) is 20.4 Å². The molecule has 4 aliphatic rings. The molecule has 2 unspecified atom stereocenters. The summed E-state index contributed by atoms with van der Waals surface area (Å²) in [5.74, 6) is -2.67. The molecule has 22 heteroatoms. The Kier molecular flexibility index (Phi) is 13.7. The first-order valence-electron chi connectivity index (χ1n) is 20.3. The number of Topliss-reactive ketones (excluding diaryl/α,β-unsaturated/α-hetero) is 2. The number of aliphatic carboxylic acids is 1. The fraction of sp³-hybridized carbons (Fsp3) is 0.196. The van der Waals surface area contributed by atoms with Gasteiger partial charge in [0.25, 0.3) is 17.5 Å². The average Bonchev–Trinajstić information content (AvgIpc) is 4.09. The van der Waals surface area contributed by atoms with Crippen molar-refractivity contribution in [3.8, 4) is 23.0 Å². The van der Waals surface area contributed by atoms with Gasteiger partial charge in [0.05, 0.1) is 23.2 Å². The number of benzene rings is 4. The molecular weight excluding hydrogens is 964 g/mol. The van der Waals surface area contributed by atoms with Crippen molar-refractivity contribution in [3.05, 3.63) is 138 Å². The molecular formula is C46H36Cl2N6O12S2. The third-order valence-corrected chi connectivity index (χ3v) is 12.5. The summed E-state index contributed by atoms with van der Waals surface area (Å²) in [6.07, 6.45) is 0. The second kappa shape index (κ2) is 19.8. The second-order valence-electron chi connectivity index (χ2n) is 14.9. The Labute approximate surface area is 404 Å². The molecule has 3 N–H and O–H groups in total. The summed E-state index contributed by atoms with van der Waals surface area (Å²) < 4.78 is 22.2. The predicted molar refractivity (Wildman–Crippen MR) is 250 cm³/mol. The summed E-state index contributed by atoms with van der Waals surface area (Å²) in [5.41, 5.74) is 1.75. The Morgan fingerprint density at radius 2 is 0.897 bits per heavy atom. The fourth-order valence-corrected chi connectivity index (χ4v) is 9.12. The van der Waals surface area contributed by atoms with Crippen LogP contribution in [0.3, 0.4) is 0 Å². The summed E-state index contributed by atoms with van der Waals surface area (Å²) in [7, 11) is 0. The van der Waals surface area contributed by atoms with E-state index in [1.807, 2.05) is 0 Å². The standard InChI is InChI=1S/2C22H16ClN3O5S.C2H4O2/c2*1-11-24-25-22(32-11)26-18(12-2-5-14(23)6-3-12)17(20(28)21(26)29)19(27)13-4-7-15-16(10-13)31-9-8-30-15;1-2(3)4/h2*2-7,10,18,27H,8-9H2,1H3;1H3,(H,3,4)/b2*19-17+;. The maximum atomic E-state index is 13.1. The van der Waals surface area contributed by atoms with Crippen molar-refractivity contribution in [1.29, 1.82) is 0 Å². The number of amides is 2. The van der Waals surface area contributed by atoms with Crippen molar-refractivity contribution >= 4 is 97.0 Å². The molecule has 6 heterocycles. The molecule has 2 atom stereocenters. The van der Waals surface area contributed by atoms with Crippen LogP contribution in [-0.2, 0) is 24.0 Å². The van der Waals surface area contributed by atoms with Crippen LogP contribution in [0, 0.1) is 13.8 Å². The SMILES string of the molecule is CC(=O)O.Cc1nnc(N2C(=O)C(=O)/C(=C(/O)c3ccc4c(c3)OCCO4)C2c2ccc(Cl)cc2)s1.Cc1nnc(N2C(=O)C(=O)/C(=C(/O)c3ccc4c(c3)OCCO4)C2c2ccc(Cl)cc2)s1. The number of aromatic nitrogens is 4. The number of carbonyl (C=O) groups is 5. The molecule has 68 heavy (non-hydrogen) atoms. The molecule has 4 aliphatic heterocycles. The number of carboxylic acid groups (broad SMARTS) is 1. The summed E-state index contributed by atoms with van der Waals surface area (Å²) in [6.45, 7) is 6.21. The van der Waals surface area contributed by atoms with E-state index in [-0.39, 0.29) is 32.9 Å². The zero-order valence-electron chi connectivity index (χ0n) is 35.8. The van der Waals surface area contributed by atoms with Crippen LogP contribution in [0.15, 0.2) is 96.1 Å². The van der Waals surface area contributed by atoms with Crippen molar-refractivity contribution in [2.45, 2.75) is 32.9 Å². The number of halogens is 2. The molecule has 348 valence electrons. The molecule has 2 amide bonds. The van der Waals surface area contributed by atoms with Gasteiger partial charge in [-0.25, -0.2) is 0 Å². The first kappa shape index (κ1) is 47.1. The van der Waals surface area contributed by atoms with Crippen molar-refractivity contribution < 1.29 is 58.2 Å². The maximum absolute atomic E-state index is 13.1. The smallest absolute Gasteiger partial charge is 0.301 e. The average molecular weight is 1000 g/mol. The van der Waals surface area contributed by atoms with Gasteiger partial charge in [-0.3, -0.25) is 33.8 Å². The zero-order chi connectivity index (χ0) is 48.4. The molecule has 10 rings (SSSR count). The number of aryl methyl sites for hydroxylation is 2. The van der Waals surface area contributed by atoms with Crippen LogP contribution in [0.25, 0.3) is 11.5 Å². The highest BCUT2D eigenvalue weighted by Crippen LogP contribution is 2.46. The van der Waals surface area contributed by atoms with Crippen LogP contribution in [-0.4, -0.2) is 91.5 Å². The van der Waals surface area contributed by atoms with Crippen LogP contribution in [0.5, 0.6) is 23.0 Å². The minimum atomic E-state index is -0.896. The molecule has 0 aliphatic carbocycles. The number of rotatable bonds is 6. The molecule has 18 nitrogen and oxygen atoms in total. The third kappa shape index (κ3) is 9.56. The molecule has 2 saturated heterocycles. The summed E-state index contributed by atoms with van der Waals surface area (Å²) in [4.78, 5) is 63.8. The lowest BCUT2D eigenvalue weighted by molar-refractivity contribution is -0.134. The molecule has 0 bridgehead atoms. The van der Waals surface area contributed by atoms with Crippen LogP contribution in [0.2, 0.25) is 10.0 Å². The number of ketones is 2. The molecule has 0 saturated carbocycles. The van der Waals surface area contributed by atoms with Gasteiger partial charge in [0.1, 0.15) is 48.0 Å².